The standard InChI is InChI=1S/C8H10.C7H16/c1-7-3-5-8(2)6-4-7;1-4-5-6-7(2)3/h3-6H,1-2H3;7H,4-6H2,1-3H3. The van der Waals surface area contributed by atoms with Crippen molar-refractivity contribution in [1.29, 1.82) is 0 Å². The van der Waals surface area contributed by atoms with Gasteiger partial charge in [0.25, 0.3) is 0 Å². The molecule has 0 aliphatic heterocycles. The molecule has 0 saturated heterocycles. The van der Waals surface area contributed by atoms with Crippen molar-refractivity contribution in [2.24, 2.45) is 5.92 Å². The molecule has 15 heavy (non-hydrogen) atoms. The van der Waals surface area contributed by atoms with E-state index in [4.69, 9.17) is 0 Å². The molecule has 0 aromatic heterocycles. The first-order valence-electron chi connectivity index (χ1n) is 6.09. The van der Waals surface area contributed by atoms with Crippen LogP contribution < -0.4 is 0 Å². The van der Waals surface area contributed by atoms with Gasteiger partial charge in [-0.15, -0.1) is 0 Å². The van der Waals surface area contributed by atoms with Gasteiger partial charge in [-0.1, -0.05) is 75.4 Å². The summed E-state index contributed by atoms with van der Waals surface area (Å²) in [6, 6.07) is 8.48. The highest BCUT2D eigenvalue weighted by molar-refractivity contribution is 5.19. The molecular formula is C15H26. The molecule has 0 N–H and O–H groups in total. The summed E-state index contributed by atoms with van der Waals surface area (Å²) in [7, 11) is 0. The van der Waals surface area contributed by atoms with Gasteiger partial charge < -0.3 is 0 Å². The SMILES string of the molecule is CCCCC(C)C.Cc1ccc(C)cc1. The maximum atomic E-state index is 2.27. The van der Waals surface area contributed by atoms with Crippen molar-refractivity contribution in [3.63, 3.8) is 0 Å². The lowest BCUT2D eigenvalue weighted by atomic mass is 10.1. The van der Waals surface area contributed by atoms with Gasteiger partial charge in [0.2, 0.25) is 0 Å². The Balaban J connectivity index is 0.000000265. The van der Waals surface area contributed by atoms with Crippen molar-refractivity contribution in [2.75, 3.05) is 0 Å². The first-order chi connectivity index (χ1) is 7.06. The number of unbranched alkanes of at least 4 members (excludes halogenated alkanes) is 1. The highest BCUT2D eigenvalue weighted by Gasteiger charge is 1.88. The largest absolute Gasteiger partial charge is 0.0654 e. The Labute approximate surface area is 95.7 Å². The van der Waals surface area contributed by atoms with Gasteiger partial charge in [-0.25, -0.2) is 0 Å². The minimum absolute atomic E-state index is 0.903. The summed E-state index contributed by atoms with van der Waals surface area (Å²) >= 11 is 0. The third-order valence-electron chi connectivity index (χ3n) is 2.35. The van der Waals surface area contributed by atoms with Gasteiger partial charge in [-0.2, -0.15) is 0 Å². The molecule has 0 aliphatic rings. The van der Waals surface area contributed by atoms with E-state index in [1.54, 1.807) is 0 Å². The Morgan fingerprint density at radius 2 is 1.33 bits per heavy atom. The van der Waals surface area contributed by atoms with Crippen LogP contribution in [0.15, 0.2) is 24.3 Å². The van der Waals surface area contributed by atoms with Gasteiger partial charge in [0.15, 0.2) is 0 Å². The van der Waals surface area contributed by atoms with Crippen molar-refractivity contribution in [3.05, 3.63) is 35.4 Å². The van der Waals surface area contributed by atoms with Gasteiger partial charge in [0.05, 0.1) is 0 Å². The van der Waals surface area contributed by atoms with Crippen LogP contribution in [0.25, 0.3) is 0 Å². The molecule has 0 fully saturated rings. The van der Waals surface area contributed by atoms with Crippen molar-refractivity contribution in [1.82, 2.24) is 0 Å². The summed E-state index contributed by atoms with van der Waals surface area (Å²) in [5.74, 6) is 0.903. The summed E-state index contributed by atoms with van der Waals surface area (Å²) in [6.45, 7) is 11.0. The predicted molar refractivity (Wildman–Crippen MR) is 70.3 cm³/mol. The first kappa shape index (κ1) is 14.2. The Morgan fingerprint density at radius 1 is 0.933 bits per heavy atom. The Kier molecular flexibility index (Phi) is 8.08. The van der Waals surface area contributed by atoms with Crippen LogP contribution in [0.4, 0.5) is 0 Å². The molecule has 1 aromatic rings. The van der Waals surface area contributed by atoms with Gasteiger partial charge in [0.1, 0.15) is 0 Å². The first-order valence-corrected chi connectivity index (χ1v) is 6.09. The van der Waals surface area contributed by atoms with E-state index in [1.807, 2.05) is 0 Å². The molecule has 0 unspecified atom stereocenters. The normalized spacial score (nSPS) is 9.73. The van der Waals surface area contributed by atoms with E-state index in [0.29, 0.717) is 0 Å². The van der Waals surface area contributed by atoms with E-state index >= 15 is 0 Å². The second-order valence-corrected chi connectivity index (χ2v) is 4.69. The molecule has 0 saturated carbocycles. The number of rotatable bonds is 3. The molecule has 0 bridgehead atoms. The number of aryl methyl sites for hydroxylation is 2. The van der Waals surface area contributed by atoms with Crippen molar-refractivity contribution in [3.8, 4) is 0 Å². The molecule has 1 rings (SSSR count). The molecule has 0 amide bonds. The van der Waals surface area contributed by atoms with Crippen molar-refractivity contribution >= 4 is 0 Å². The topological polar surface area (TPSA) is 0 Å². The fourth-order valence-corrected chi connectivity index (χ4v) is 1.25. The van der Waals surface area contributed by atoms with Gasteiger partial charge >= 0.3 is 0 Å². The van der Waals surface area contributed by atoms with E-state index in [-0.39, 0.29) is 0 Å². The van der Waals surface area contributed by atoms with Crippen LogP contribution in [0.5, 0.6) is 0 Å². The Morgan fingerprint density at radius 3 is 1.53 bits per heavy atom. The summed E-state index contributed by atoms with van der Waals surface area (Å²) in [4.78, 5) is 0. The zero-order valence-electron chi connectivity index (χ0n) is 11.0. The average Bonchev–Trinajstić information content (AvgIpc) is 2.20. The lowest BCUT2D eigenvalue weighted by molar-refractivity contribution is 0.550. The maximum absolute atomic E-state index is 2.27. The van der Waals surface area contributed by atoms with Gasteiger partial charge in [0, 0.05) is 0 Å². The minimum Gasteiger partial charge on any atom is -0.0654 e. The summed E-state index contributed by atoms with van der Waals surface area (Å²) in [5, 5.41) is 0. The Bertz CT molecular complexity index is 210. The molecule has 0 spiro atoms. The third-order valence-corrected chi connectivity index (χ3v) is 2.35. The van der Waals surface area contributed by atoms with E-state index < -0.39 is 0 Å². The summed E-state index contributed by atoms with van der Waals surface area (Å²) in [5.41, 5.74) is 2.66. The third kappa shape index (κ3) is 9.52. The highest BCUT2D eigenvalue weighted by Crippen LogP contribution is 2.04. The molecule has 0 aliphatic carbocycles. The zero-order chi connectivity index (χ0) is 11.7. The summed E-state index contributed by atoms with van der Waals surface area (Å²) in [6.07, 6.45) is 4.15. The second kappa shape index (κ2) is 8.52. The monoisotopic (exact) mass is 206 g/mol. The number of hydrogen-bond acceptors (Lipinski definition) is 0. The van der Waals surface area contributed by atoms with Gasteiger partial charge in [-0.05, 0) is 19.8 Å². The summed E-state index contributed by atoms with van der Waals surface area (Å²) < 4.78 is 0. The molecule has 0 heteroatoms. The molecule has 0 radical (unpaired) electrons. The second-order valence-electron chi connectivity index (χ2n) is 4.69. The zero-order valence-corrected chi connectivity index (χ0v) is 11.0. The van der Waals surface area contributed by atoms with Crippen LogP contribution in [-0.4, -0.2) is 0 Å². The van der Waals surface area contributed by atoms with Crippen LogP contribution in [0.2, 0.25) is 0 Å². The van der Waals surface area contributed by atoms with Gasteiger partial charge in [-0.3, -0.25) is 0 Å². The molecule has 86 valence electrons. The van der Waals surface area contributed by atoms with E-state index in [1.165, 1.54) is 30.4 Å². The van der Waals surface area contributed by atoms with Crippen LogP contribution in [0.3, 0.4) is 0 Å². The average molecular weight is 206 g/mol. The van der Waals surface area contributed by atoms with Crippen LogP contribution in [-0.2, 0) is 0 Å². The molecule has 0 nitrogen and oxygen atoms in total. The molecule has 1 aromatic carbocycles. The molecule has 0 heterocycles. The van der Waals surface area contributed by atoms with E-state index in [2.05, 4.69) is 58.9 Å². The smallest absolute Gasteiger partial charge is 0.0398 e. The number of benzene rings is 1. The number of hydrogen-bond donors (Lipinski definition) is 0. The van der Waals surface area contributed by atoms with E-state index in [9.17, 15) is 0 Å². The molecule has 0 atom stereocenters. The van der Waals surface area contributed by atoms with Crippen molar-refractivity contribution < 1.29 is 0 Å². The van der Waals surface area contributed by atoms with Crippen LogP contribution >= 0.6 is 0 Å². The van der Waals surface area contributed by atoms with E-state index in [0.717, 1.165) is 5.92 Å². The predicted octanol–water partition coefficient (Wildman–Crippen LogP) is 5.14. The lowest BCUT2D eigenvalue weighted by Gasteiger charge is -1.98. The quantitative estimate of drug-likeness (QED) is 0.642. The van der Waals surface area contributed by atoms with Crippen LogP contribution in [0.1, 0.15) is 51.2 Å². The minimum atomic E-state index is 0.903. The lowest BCUT2D eigenvalue weighted by Crippen LogP contribution is -1.83. The maximum Gasteiger partial charge on any atom is -0.0398 e. The van der Waals surface area contributed by atoms with Crippen LogP contribution in [0, 0.1) is 19.8 Å². The fourth-order valence-electron chi connectivity index (χ4n) is 1.25. The molecular weight excluding hydrogens is 180 g/mol. The van der Waals surface area contributed by atoms with Crippen molar-refractivity contribution in [2.45, 2.75) is 53.9 Å². The fraction of sp³-hybridized carbons (Fsp3) is 0.600. The highest BCUT2D eigenvalue weighted by atomic mass is 13.9. The Hall–Kier alpha value is -0.780.